The number of aromatic nitrogens is 1. The lowest BCUT2D eigenvalue weighted by molar-refractivity contribution is 0.0820. The second kappa shape index (κ2) is 9.82. The van der Waals surface area contributed by atoms with Crippen LogP contribution in [0.15, 0.2) is 60.8 Å². The highest BCUT2D eigenvalue weighted by Gasteiger charge is 2.49. The average Bonchev–Trinajstić information content (AvgIpc) is 3.64. The van der Waals surface area contributed by atoms with Crippen molar-refractivity contribution in [3.8, 4) is 28.7 Å². The van der Waals surface area contributed by atoms with Crippen LogP contribution in [0.4, 0.5) is 0 Å². The van der Waals surface area contributed by atoms with Crippen molar-refractivity contribution in [3.63, 3.8) is 0 Å². The van der Waals surface area contributed by atoms with Crippen LogP contribution in [0.1, 0.15) is 49.4 Å². The third-order valence-corrected chi connectivity index (χ3v) is 7.48. The van der Waals surface area contributed by atoms with Crippen LogP contribution < -0.4 is 4.74 Å². The molecule has 0 amide bonds. The Kier molecular flexibility index (Phi) is 6.63. The molecule has 2 aliphatic rings. The smallest absolute Gasteiger partial charge is 0.122 e. The lowest BCUT2D eigenvalue weighted by Crippen LogP contribution is -2.46. The summed E-state index contributed by atoms with van der Waals surface area (Å²) in [7, 11) is 0. The molecule has 4 heteroatoms. The van der Waals surface area contributed by atoms with E-state index < -0.39 is 0 Å². The van der Waals surface area contributed by atoms with Gasteiger partial charge in [-0.05, 0) is 105 Å². The molecule has 1 saturated heterocycles. The third kappa shape index (κ3) is 5.30. The normalized spacial score (nSPS) is 17.6. The lowest BCUT2D eigenvalue weighted by atomic mass is 9.97. The van der Waals surface area contributed by atoms with Gasteiger partial charge in [0.1, 0.15) is 18.1 Å². The molecule has 1 aliphatic heterocycles. The van der Waals surface area contributed by atoms with Gasteiger partial charge in [-0.3, -0.25) is 4.90 Å². The minimum absolute atomic E-state index is 0.273. The number of nitrogens with zero attached hydrogens (tertiary/aromatic N) is 2. The number of rotatable bonds is 5. The van der Waals surface area contributed by atoms with Crippen molar-refractivity contribution in [3.05, 3.63) is 82.6 Å². The van der Waals surface area contributed by atoms with Crippen LogP contribution in [-0.4, -0.2) is 35.1 Å². The van der Waals surface area contributed by atoms with E-state index in [-0.39, 0.29) is 5.54 Å². The van der Waals surface area contributed by atoms with Crippen LogP contribution in [0.25, 0.3) is 11.1 Å². The maximum Gasteiger partial charge on any atom is 0.122 e. The van der Waals surface area contributed by atoms with Crippen molar-refractivity contribution in [2.24, 2.45) is 5.92 Å². The van der Waals surface area contributed by atoms with E-state index in [9.17, 15) is 0 Å². The fourth-order valence-corrected chi connectivity index (χ4v) is 4.82. The van der Waals surface area contributed by atoms with E-state index in [2.05, 4.69) is 47.7 Å². The fourth-order valence-electron chi connectivity index (χ4n) is 4.70. The first-order valence-electron chi connectivity index (χ1n) is 12.2. The number of halogens is 1. The molecule has 174 valence electrons. The van der Waals surface area contributed by atoms with Crippen molar-refractivity contribution < 1.29 is 4.74 Å². The topological polar surface area (TPSA) is 25.4 Å². The molecule has 2 heterocycles. The van der Waals surface area contributed by atoms with E-state index in [1.54, 1.807) is 0 Å². The molecule has 0 radical (unpaired) electrons. The Labute approximate surface area is 208 Å². The third-order valence-electron chi connectivity index (χ3n) is 7.23. The Balaban J connectivity index is 1.20. The van der Waals surface area contributed by atoms with Crippen molar-refractivity contribution in [1.29, 1.82) is 0 Å². The van der Waals surface area contributed by atoms with Gasteiger partial charge in [-0.1, -0.05) is 42.6 Å². The molecule has 2 aromatic carbocycles. The molecule has 1 saturated carbocycles. The fraction of sp³-hybridized carbons (Fsp3) is 0.367. The molecule has 2 fully saturated rings. The van der Waals surface area contributed by atoms with Crippen LogP contribution in [0.5, 0.6) is 5.75 Å². The van der Waals surface area contributed by atoms with Gasteiger partial charge < -0.3 is 4.74 Å². The molecule has 0 atom stereocenters. The van der Waals surface area contributed by atoms with E-state index in [1.807, 2.05) is 48.7 Å². The van der Waals surface area contributed by atoms with Gasteiger partial charge in [0.05, 0.1) is 5.54 Å². The van der Waals surface area contributed by atoms with E-state index in [1.165, 1.54) is 38.8 Å². The zero-order valence-corrected chi connectivity index (χ0v) is 20.7. The predicted octanol–water partition coefficient (Wildman–Crippen LogP) is 6.75. The molecule has 3 aromatic rings. The van der Waals surface area contributed by atoms with Crippen LogP contribution in [0, 0.1) is 24.7 Å². The summed E-state index contributed by atoms with van der Waals surface area (Å²) in [5.41, 5.74) is 5.26. The molecule has 34 heavy (non-hydrogen) atoms. The summed E-state index contributed by atoms with van der Waals surface area (Å²) < 4.78 is 6.31. The SMILES string of the molecule is Cc1cc(C#Cc2ccc(-c3ccc(Cl)cc3)cn2)ccc1OCC1(N2CCC(C)CC2)CC1. The highest BCUT2D eigenvalue weighted by atomic mass is 35.5. The minimum Gasteiger partial charge on any atom is -0.491 e. The lowest BCUT2D eigenvalue weighted by Gasteiger charge is -2.37. The predicted molar refractivity (Wildman–Crippen MR) is 139 cm³/mol. The quantitative estimate of drug-likeness (QED) is 0.385. The number of hydrogen-bond donors (Lipinski definition) is 0. The van der Waals surface area contributed by atoms with Gasteiger partial charge in [0.2, 0.25) is 0 Å². The highest BCUT2D eigenvalue weighted by Crippen LogP contribution is 2.44. The summed E-state index contributed by atoms with van der Waals surface area (Å²) in [4.78, 5) is 7.18. The molecule has 1 aromatic heterocycles. The standard InChI is InChI=1S/C30H31ClN2O/c1-22-13-17-33(18-14-22)30(15-16-30)21-34-29-12-4-24(19-23(29)2)3-10-28-11-7-26(20-32-28)25-5-8-27(31)9-6-25/h4-9,11-12,19-20,22H,13-18,21H2,1-2H3. The Hall–Kier alpha value is -2.80. The molecular weight excluding hydrogens is 440 g/mol. The zero-order valence-electron chi connectivity index (χ0n) is 20.0. The monoisotopic (exact) mass is 470 g/mol. The molecule has 3 nitrogen and oxygen atoms in total. The van der Waals surface area contributed by atoms with Crippen LogP contribution in [0.3, 0.4) is 0 Å². The molecule has 0 unspecified atom stereocenters. The Morgan fingerprint density at radius 1 is 1.00 bits per heavy atom. The van der Waals surface area contributed by atoms with E-state index in [4.69, 9.17) is 16.3 Å². The average molecular weight is 471 g/mol. The van der Waals surface area contributed by atoms with Crippen molar-refractivity contribution in [1.82, 2.24) is 9.88 Å². The van der Waals surface area contributed by atoms with Crippen LogP contribution >= 0.6 is 11.6 Å². The van der Waals surface area contributed by atoms with Gasteiger partial charge in [0.25, 0.3) is 0 Å². The van der Waals surface area contributed by atoms with E-state index in [0.29, 0.717) is 0 Å². The molecule has 0 bridgehead atoms. The second-order valence-electron chi connectivity index (χ2n) is 9.85. The van der Waals surface area contributed by atoms with Gasteiger partial charge in [-0.25, -0.2) is 4.98 Å². The van der Waals surface area contributed by atoms with Gasteiger partial charge in [0.15, 0.2) is 0 Å². The zero-order chi connectivity index (χ0) is 23.5. The minimum atomic E-state index is 0.273. The molecular formula is C30H31ClN2O. The summed E-state index contributed by atoms with van der Waals surface area (Å²) in [5.74, 6) is 8.25. The number of pyridine rings is 1. The van der Waals surface area contributed by atoms with E-state index in [0.717, 1.165) is 51.2 Å². The van der Waals surface area contributed by atoms with Crippen molar-refractivity contribution in [2.45, 2.75) is 45.1 Å². The van der Waals surface area contributed by atoms with Crippen molar-refractivity contribution in [2.75, 3.05) is 19.7 Å². The summed E-state index contributed by atoms with van der Waals surface area (Å²) >= 11 is 5.98. The maximum absolute atomic E-state index is 6.31. The Morgan fingerprint density at radius 2 is 1.74 bits per heavy atom. The van der Waals surface area contributed by atoms with Gasteiger partial charge in [-0.2, -0.15) is 0 Å². The van der Waals surface area contributed by atoms with Gasteiger partial charge >= 0.3 is 0 Å². The molecule has 5 rings (SSSR count). The van der Waals surface area contributed by atoms with Crippen LogP contribution in [0.2, 0.25) is 5.02 Å². The number of hydrogen-bond acceptors (Lipinski definition) is 3. The summed E-state index contributed by atoms with van der Waals surface area (Å²) in [6.45, 7) is 7.69. The highest BCUT2D eigenvalue weighted by molar-refractivity contribution is 6.30. The first kappa shape index (κ1) is 23.0. The molecule has 0 N–H and O–H groups in total. The number of ether oxygens (including phenoxy) is 1. The number of piperidine rings is 1. The summed E-state index contributed by atoms with van der Waals surface area (Å²) in [6, 6.07) is 18.0. The van der Waals surface area contributed by atoms with Crippen molar-refractivity contribution >= 4 is 11.6 Å². The second-order valence-corrected chi connectivity index (χ2v) is 10.3. The maximum atomic E-state index is 6.31. The van der Waals surface area contributed by atoms with Gasteiger partial charge in [0, 0.05) is 22.3 Å². The largest absolute Gasteiger partial charge is 0.491 e. The van der Waals surface area contributed by atoms with Gasteiger partial charge in [-0.15, -0.1) is 0 Å². The molecule has 0 spiro atoms. The first-order valence-corrected chi connectivity index (χ1v) is 12.6. The Morgan fingerprint density at radius 3 is 2.38 bits per heavy atom. The first-order chi connectivity index (χ1) is 16.5. The van der Waals surface area contributed by atoms with E-state index >= 15 is 0 Å². The Bertz CT molecular complexity index is 1200. The number of benzene rings is 2. The molecule has 1 aliphatic carbocycles. The summed E-state index contributed by atoms with van der Waals surface area (Å²) in [5, 5.41) is 0.731. The number of likely N-dealkylation sites (tertiary alicyclic amines) is 1. The van der Waals surface area contributed by atoms with Crippen LogP contribution in [-0.2, 0) is 0 Å². The number of aryl methyl sites for hydroxylation is 1. The summed E-state index contributed by atoms with van der Waals surface area (Å²) in [6.07, 6.45) is 6.99.